The molecule has 0 aliphatic heterocycles. The second-order valence-electron chi connectivity index (χ2n) is 0. The van der Waals surface area contributed by atoms with E-state index in [0.717, 1.165) is 0 Å². The first kappa shape index (κ1) is 177. The first-order chi connectivity index (χ1) is 1.00. The van der Waals surface area contributed by atoms with E-state index in [-0.39, 0.29) is 57.9 Å². The van der Waals surface area contributed by atoms with E-state index in [1.54, 1.807) is 6.92 Å². The van der Waals surface area contributed by atoms with Crippen LogP contribution in [0.5, 0.6) is 0 Å². The Labute approximate surface area is 71.9 Å². The summed E-state index contributed by atoms with van der Waals surface area (Å²) in [6.07, 6.45) is 0. The molecule has 0 rings (SSSR count). The largest absolute Gasteiger partial charge is 0.693 e. The van der Waals surface area contributed by atoms with Gasteiger partial charge in [-0.1, -0.05) is 0 Å². The molecule has 0 amide bonds. The molecule has 0 heterocycles. The van der Waals surface area contributed by atoms with Crippen LogP contribution in [0.2, 0.25) is 0 Å². The van der Waals surface area contributed by atoms with Gasteiger partial charge in [0.15, 0.2) is 0 Å². The summed E-state index contributed by atoms with van der Waals surface area (Å²) in [6.45, 7) is 5.00. The summed E-state index contributed by atoms with van der Waals surface area (Å²) >= 11 is 0. The van der Waals surface area contributed by atoms with Crippen molar-refractivity contribution in [1.82, 2.24) is 0 Å². The molecule has 0 atom stereocenters. The maximum absolute atomic E-state index is 3.25. The predicted octanol–water partition coefficient (Wildman–Crippen LogP) is 4.16. The van der Waals surface area contributed by atoms with Crippen molar-refractivity contribution in [3.05, 3.63) is 39.0 Å². The van der Waals surface area contributed by atoms with Crippen molar-refractivity contribution < 1.29 is 25.8 Å². The van der Waals surface area contributed by atoms with Crippen LogP contribution in [0, 0.1) is 14.4 Å². The zero-order chi connectivity index (χ0) is 2.00. The van der Waals surface area contributed by atoms with Gasteiger partial charge in [0, 0.05) is 25.8 Å². The molecule has 0 unspecified atom stereocenters. The number of nitrogens with two attached hydrogens (primary N) is 4. The minimum atomic E-state index is 0. The molecule has 8 N–H and O–H groups in total. The summed E-state index contributed by atoms with van der Waals surface area (Å²) in [5.41, 5.74) is 0. The first-order valence-electron chi connectivity index (χ1n) is 0.707. The Kier molecular flexibility index (Phi) is 15200. The van der Waals surface area contributed by atoms with E-state index < -0.39 is 0 Å². The summed E-state index contributed by atoms with van der Waals surface area (Å²) in [4.78, 5) is 0. The molecule has 58 valence electrons. The minimum Gasteiger partial charge on any atom is -0.693 e. The minimum absolute atomic E-state index is 0. The summed E-state index contributed by atoms with van der Waals surface area (Å²) in [6, 6.07) is 0. The molecule has 4 nitrogen and oxygen atoms in total. The van der Waals surface area contributed by atoms with Crippen LogP contribution in [-0.4, -0.2) is 0 Å². The van der Waals surface area contributed by atoms with Crippen molar-refractivity contribution in [3.63, 3.8) is 0 Å². The third-order valence-electron chi connectivity index (χ3n) is 0. The topological polar surface area (TPSA) is 134 Å². The molecule has 0 radical (unpaired) electrons. The Bertz CT molecular complexity index is 11.2. The summed E-state index contributed by atoms with van der Waals surface area (Å²) < 4.78 is 0. The van der Waals surface area contributed by atoms with Crippen LogP contribution in [0.15, 0.2) is 0 Å². The fourth-order valence-electron chi connectivity index (χ4n) is 0. The molecule has 0 fully saturated rings. The van der Waals surface area contributed by atoms with Crippen LogP contribution in [0.1, 0.15) is 6.92 Å². The molecule has 5 heteroatoms. The van der Waals surface area contributed by atoms with Gasteiger partial charge in [0.05, 0.1) is 0 Å². The van der Waals surface area contributed by atoms with Gasteiger partial charge in [-0.3, -0.25) is 0 Å². The first-order valence-corrected chi connectivity index (χ1v) is 0.707. The number of hydrogen-bond acceptors (Lipinski definition) is 0. The van der Waals surface area contributed by atoms with Gasteiger partial charge in [-0.15, -0.1) is 0 Å². The van der Waals surface area contributed by atoms with Gasteiger partial charge < -0.3 is 39.0 Å². The molecule has 0 aliphatic rings. The second-order valence-corrected chi connectivity index (χ2v) is 0. The van der Waals surface area contributed by atoms with Crippen molar-refractivity contribution in [2.45, 2.75) is 6.92 Å². The Morgan fingerprint density at radius 1 is 0.750 bits per heavy atom. The third kappa shape index (κ3) is 434. The average molecular weight is 287 g/mol. The molecule has 0 spiro atoms. The summed E-state index contributed by atoms with van der Waals surface area (Å²) in [5.74, 6) is 0. The van der Waals surface area contributed by atoms with Gasteiger partial charge in [0.1, 0.15) is 0 Å². The van der Waals surface area contributed by atoms with Crippen LogP contribution in [0.3, 0.4) is 0 Å². The molecule has 0 aliphatic carbocycles. The van der Waals surface area contributed by atoms with Gasteiger partial charge in [0.2, 0.25) is 0 Å². The van der Waals surface area contributed by atoms with Gasteiger partial charge in [-0.05, 0) is 0 Å². The predicted molar refractivity (Wildman–Crippen MR) is 38.6 cm³/mol. The van der Waals surface area contributed by atoms with E-state index in [4.69, 9.17) is 0 Å². The fraction of sp³-hybridized carbons (Fsp3) is 0.333. The molecule has 0 aromatic carbocycles. The SMILES string of the molecule is [CH2-]C.[CH3-].[Hf].[NH2-].[NH2-].[NH2-].[NH2-]. The maximum Gasteiger partial charge on any atom is 0 e. The molecular formula is C3H16HfN4-6. The molecule has 8 heavy (non-hydrogen) atoms. The van der Waals surface area contributed by atoms with E-state index in [9.17, 15) is 0 Å². The van der Waals surface area contributed by atoms with Gasteiger partial charge in [-0.25, -0.2) is 0 Å². The number of rotatable bonds is 0. The normalized spacial score (nSPS) is 0.750. The van der Waals surface area contributed by atoms with Crippen LogP contribution in [0.4, 0.5) is 0 Å². The molecule has 0 aromatic rings. The van der Waals surface area contributed by atoms with Crippen molar-refractivity contribution in [2.75, 3.05) is 0 Å². The molecular weight excluding hydrogens is 271 g/mol. The van der Waals surface area contributed by atoms with Crippen molar-refractivity contribution >= 4 is 0 Å². The standard InChI is InChI=1S/C2H5.CH3.Hf.4H2N/c1-2;;;;;;/h1H2,2H3;1H3;;4*1H2/q2*-1;;4*-1. The van der Waals surface area contributed by atoms with E-state index in [2.05, 4.69) is 6.92 Å². The van der Waals surface area contributed by atoms with E-state index in [1.165, 1.54) is 0 Å². The Morgan fingerprint density at radius 2 is 0.750 bits per heavy atom. The van der Waals surface area contributed by atoms with E-state index in [0.29, 0.717) is 0 Å². The zero-order valence-corrected chi connectivity index (χ0v) is 9.11. The molecule has 0 saturated heterocycles. The van der Waals surface area contributed by atoms with E-state index in [1.807, 2.05) is 0 Å². The van der Waals surface area contributed by atoms with E-state index >= 15 is 0 Å². The number of hydrogen-bond donors (Lipinski definition) is 0. The Morgan fingerprint density at radius 3 is 0.750 bits per heavy atom. The molecule has 0 aromatic heterocycles. The smallest absolute Gasteiger partial charge is 0 e. The fourth-order valence-corrected chi connectivity index (χ4v) is 0. The summed E-state index contributed by atoms with van der Waals surface area (Å²) in [7, 11) is 0. The van der Waals surface area contributed by atoms with Gasteiger partial charge >= 0.3 is 0 Å². The quantitative estimate of drug-likeness (QED) is 0.467. The van der Waals surface area contributed by atoms with Crippen LogP contribution in [0.25, 0.3) is 24.6 Å². The monoisotopic (exact) mass is 288 g/mol. The van der Waals surface area contributed by atoms with Crippen LogP contribution < -0.4 is 0 Å². The van der Waals surface area contributed by atoms with Crippen molar-refractivity contribution in [2.24, 2.45) is 0 Å². The molecule has 0 bridgehead atoms. The average Bonchev–Trinajstić information content (AvgIpc) is 1.00. The van der Waals surface area contributed by atoms with Gasteiger partial charge in [-0.2, -0.15) is 6.92 Å². The van der Waals surface area contributed by atoms with Crippen molar-refractivity contribution in [3.8, 4) is 0 Å². The second kappa shape index (κ2) is 688. The van der Waals surface area contributed by atoms with Gasteiger partial charge in [0.25, 0.3) is 0 Å². The third-order valence-corrected chi connectivity index (χ3v) is 0. The van der Waals surface area contributed by atoms with Crippen LogP contribution in [-0.2, 0) is 25.8 Å². The Balaban J connectivity index is -0.000000000333. The Hall–Kier alpha value is 0.710. The van der Waals surface area contributed by atoms with Crippen LogP contribution >= 0.6 is 0 Å². The maximum atomic E-state index is 3.25. The van der Waals surface area contributed by atoms with Crippen molar-refractivity contribution in [1.29, 1.82) is 0 Å². The molecule has 0 saturated carbocycles. The zero-order valence-electron chi connectivity index (χ0n) is 5.52. The summed E-state index contributed by atoms with van der Waals surface area (Å²) in [5, 5.41) is 0.